The smallest absolute Gasteiger partial charge is 0.119 e. The van der Waals surface area contributed by atoms with Crippen molar-refractivity contribution in [3.05, 3.63) is 29.8 Å². The molecule has 2 nitrogen and oxygen atoms in total. The van der Waals surface area contributed by atoms with Crippen molar-refractivity contribution in [1.29, 1.82) is 0 Å². The van der Waals surface area contributed by atoms with Crippen LogP contribution in [0.1, 0.15) is 31.2 Å². The molecule has 3 heteroatoms. The molecule has 0 bridgehead atoms. The maximum atomic E-state index is 6.05. The van der Waals surface area contributed by atoms with E-state index in [1.54, 1.807) is 0 Å². The maximum absolute atomic E-state index is 6.05. The van der Waals surface area contributed by atoms with Crippen molar-refractivity contribution < 1.29 is 4.74 Å². The number of hydrogen-bond acceptors (Lipinski definition) is 3. The van der Waals surface area contributed by atoms with Gasteiger partial charge < -0.3 is 10.1 Å². The molecule has 0 aromatic heterocycles. The van der Waals surface area contributed by atoms with Crippen molar-refractivity contribution >= 4 is 11.8 Å². The lowest BCUT2D eigenvalue weighted by atomic mass is 10.0. The topological polar surface area (TPSA) is 21.3 Å². The Kier molecular flexibility index (Phi) is 4.67. The fraction of sp³-hybridized carbons (Fsp3) is 0.625. The molecule has 0 amide bonds. The third kappa shape index (κ3) is 3.90. The van der Waals surface area contributed by atoms with Crippen LogP contribution in [0.3, 0.4) is 0 Å². The average molecular weight is 277 g/mol. The molecule has 104 valence electrons. The van der Waals surface area contributed by atoms with Gasteiger partial charge in [0.25, 0.3) is 0 Å². The first-order valence-electron chi connectivity index (χ1n) is 7.47. The normalized spacial score (nSPS) is 24.5. The van der Waals surface area contributed by atoms with Crippen molar-refractivity contribution in [3.63, 3.8) is 0 Å². The number of nitrogens with one attached hydrogen (secondary N) is 1. The van der Waals surface area contributed by atoms with Crippen LogP contribution in [-0.4, -0.2) is 30.2 Å². The number of hydrogen-bond donors (Lipinski definition) is 1. The lowest BCUT2D eigenvalue weighted by Gasteiger charge is -2.22. The largest absolute Gasteiger partial charge is 0.490 e. The quantitative estimate of drug-likeness (QED) is 0.913. The van der Waals surface area contributed by atoms with Gasteiger partial charge in [-0.25, -0.2) is 0 Å². The Hall–Kier alpha value is -0.670. The summed E-state index contributed by atoms with van der Waals surface area (Å²) in [5.41, 5.74) is 1.42. The maximum Gasteiger partial charge on any atom is 0.119 e. The van der Waals surface area contributed by atoms with Crippen LogP contribution in [-0.2, 0) is 6.42 Å². The summed E-state index contributed by atoms with van der Waals surface area (Å²) >= 11 is 2.04. The van der Waals surface area contributed by atoms with E-state index in [1.807, 2.05) is 11.8 Å². The highest BCUT2D eigenvalue weighted by Gasteiger charge is 2.16. The van der Waals surface area contributed by atoms with Crippen LogP contribution in [0.15, 0.2) is 24.3 Å². The van der Waals surface area contributed by atoms with Crippen LogP contribution in [0.4, 0.5) is 0 Å². The summed E-state index contributed by atoms with van der Waals surface area (Å²) in [6, 6.07) is 9.43. The van der Waals surface area contributed by atoms with Crippen molar-refractivity contribution in [2.45, 2.75) is 44.2 Å². The van der Waals surface area contributed by atoms with Crippen LogP contribution in [0.2, 0.25) is 0 Å². The summed E-state index contributed by atoms with van der Waals surface area (Å²) in [5.74, 6) is 3.53. The van der Waals surface area contributed by atoms with E-state index in [4.69, 9.17) is 4.74 Å². The molecule has 0 saturated carbocycles. The fourth-order valence-corrected chi connectivity index (χ4v) is 3.97. The summed E-state index contributed by atoms with van der Waals surface area (Å²) in [6.07, 6.45) is 6.62. The van der Waals surface area contributed by atoms with E-state index in [9.17, 15) is 0 Å². The molecule has 0 radical (unpaired) electrons. The molecule has 2 heterocycles. The van der Waals surface area contributed by atoms with E-state index in [0.717, 1.165) is 12.2 Å². The Labute approximate surface area is 120 Å². The first kappa shape index (κ1) is 13.3. The highest BCUT2D eigenvalue weighted by Crippen LogP contribution is 2.23. The molecule has 19 heavy (non-hydrogen) atoms. The Morgan fingerprint density at radius 3 is 2.58 bits per heavy atom. The summed E-state index contributed by atoms with van der Waals surface area (Å²) in [7, 11) is 0. The highest BCUT2D eigenvalue weighted by atomic mass is 32.2. The van der Waals surface area contributed by atoms with Crippen LogP contribution in [0.5, 0.6) is 5.75 Å². The van der Waals surface area contributed by atoms with Crippen molar-refractivity contribution in [3.8, 4) is 5.75 Å². The van der Waals surface area contributed by atoms with Crippen molar-refractivity contribution in [1.82, 2.24) is 5.32 Å². The average Bonchev–Trinajstić information content (AvgIpc) is 2.95. The molecule has 3 rings (SSSR count). The summed E-state index contributed by atoms with van der Waals surface area (Å²) in [4.78, 5) is 0. The minimum Gasteiger partial charge on any atom is -0.490 e. The predicted molar refractivity (Wildman–Crippen MR) is 82.1 cm³/mol. The highest BCUT2D eigenvalue weighted by molar-refractivity contribution is 7.99. The molecule has 1 aromatic carbocycles. The summed E-state index contributed by atoms with van der Waals surface area (Å²) in [5, 5.41) is 3.55. The lowest BCUT2D eigenvalue weighted by Crippen LogP contribution is -2.23. The number of benzene rings is 1. The second-order valence-electron chi connectivity index (χ2n) is 5.57. The molecule has 2 fully saturated rings. The molecule has 1 unspecified atom stereocenters. The molecular formula is C16H23NOS. The number of ether oxygens (including phenoxy) is 1. The van der Waals surface area contributed by atoms with Gasteiger partial charge in [-0.2, -0.15) is 11.8 Å². The molecule has 1 N–H and O–H groups in total. The second-order valence-corrected chi connectivity index (χ2v) is 6.80. The third-order valence-electron chi connectivity index (χ3n) is 4.04. The van der Waals surface area contributed by atoms with E-state index >= 15 is 0 Å². The van der Waals surface area contributed by atoms with Crippen LogP contribution in [0.25, 0.3) is 0 Å². The van der Waals surface area contributed by atoms with Crippen LogP contribution >= 0.6 is 11.8 Å². The monoisotopic (exact) mass is 277 g/mol. The van der Waals surface area contributed by atoms with Gasteiger partial charge in [0.1, 0.15) is 11.9 Å². The molecule has 2 aliphatic heterocycles. The third-order valence-corrected chi connectivity index (χ3v) is 5.09. The van der Waals surface area contributed by atoms with Gasteiger partial charge in [0.2, 0.25) is 0 Å². The summed E-state index contributed by atoms with van der Waals surface area (Å²) in [6.45, 7) is 1.19. The predicted octanol–water partition coefficient (Wildman–Crippen LogP) is 3.26. The van der Waals surface area contributed by atoms with E-state index in [1.165, 1.54) is 49.3 Å². The van der Waals surface area contributed by atoms with E-state index < -0.39 is 0 Å². The zero-order valence-corrected chi connectivity index (χ0v) is 12.3. The van der Waals surface area contributed by atoms with E-state index in [2.05, 4.69) is 29.6 Å². The number of thioether (sulfide) groups is 1. The standard InChI is InChI=1S/C16H23NOS/c1-2-14(17-9-1)12-13-3-5-15(6-4-13)18-16-7-10-19-11-8-16/h3-6,14,16-17H,1-2,7-12H2. The first-order chi connectivity index (χ1) is 9.40. The van der Waals surface area contributed by atoms with Crippen LogP contribution in [0, 0.1) is 0 Å². The zero-order chi connectivity index (χ0) is 12.9. The van der Waals surface area contributed by atoms with Crippen LogP contribution < -0.4 is 10.1 Å². The molecule has 1 aromatic rings. The Bertz CT molecular complexity index is 380. The number of rotatable bonds is 4. The Morgan fingerprint density at radius 2 is 1.89 bits per heavy atom. The van der Waals surface area contributed by atoms with E-state index in [0.29, 0.717) is 12.1 Å². The van der Waals surface area contributed by atoms with E-state index in [-0.39, 0.29) is 0 Å². The molecule has 2 aliphatic rings. The molecular weight excluding hydrogens is 254 g/mol. The van der Waals surface area contributed by atoms with Gasteiger partial charge in [0.05, 0.1) is 0 Å². The van der Waals surface area contributed by atoms with Crippen molar-refractivity contribution in [2.75, 3.05) is 18.1 Å². The Balaban J connectivity index is 1.52. The summed E-state index contributed by atoms with van der Waals surface area (Å²) < 4.78 is 6.05. The Morgan fingerprint density at radius 1 is 1.11 bits per heavy atom. The lowest BCUT2D eigenvalue weighted by molar-refractivity contribution is 0.192. The van der Waals surface area contributed by atoms with Gasteiger partial charge in [-0.3, -0.25) is 0 Å². The molecule has 0 spiro atoms. The van der Waals surface area contributed by atoms with Gasteiger partial charge in [-0.1, -0.05) is 12.1 Å². The van der Waals surface area contributed by atoms with Gasteiger partial charge in [-0.05, 0) is 67.9 Å². The SMILES string of the molecule is c1cc(OC2CCSCC2)ccc1CC1CCCN1. The molecule has 2 saturated heterocycles. The first-order valence-corrected chi connectivity index (χ1v) is 8.62. The van der Waals surface area contributed by atoms with Gasteiger partial charge in [0, 0.05) is 6.04 Å². The van der Waals surface area contributed by atoms with Crippen molar-refractivity contribution in [2.24, 2.45) is 0 Å². The van der Waals surface area contributed by atoms with Gasteiger partial charge >= 0.3 is 0 Å². The minimum absolute atomic E-state index is 0.434. The minimum atomic E-state index is 0.434. The molecule has 0 aliphatic carbocycles. The second kappa shape index (κ2) is 6.67. The molecule has 1 atom stereocenters. The van der Waals surface area contributed by atoms with Gasteiger partial charge in [-0.15, -0.1) is 0 Å². The zero-order valence-electron chi connectivity index (χ0n) is 11.4. The fourth-order valence-electron chi connectivity index (χ4n) is 2.91. The van der Waals surface area contributed by atoms with Gasteiger partial charge in [0.15, 0.2) is 0 Å².